The zero-order valence-corrected chi connectivity index (χ0v) is 6.84. The van der Waals surface area contributed by atoms with E-state index in [1.165, 1.54) is 24.0 Å². The third-order valence-electron chi connectivity index (χ3n) is 1.52. The summed E-state index contributed by atoms with van der Waals surface area (Å²) >= 11 is 0. The van der Waals surface area contributed by atoms with Crippen LogP contribution in [0.15, 0.2) is 12.3 Å². The van der Waals surface area contributed by atoms with Gasteiger partial charge in [-0.25, -0.2) is 5.43 Å². The summed E-state index contributed by atoms with van der Waals surface area (Å²) in [6.45, 7) is 0. The summed E-state index contributed by atoms with van der Waals surface area (Å²) in [4.78, 5) is 0. The van der Waals surface area contributed by atoms with Crippen LogP contribution < -0.4 is 11.3 Å². The van der Waals surface area contributed by atoms with Crippen LogP contribution >= 0.6 is 0 Å². The second kappa shape index (κ2) is 3.35. The number of alkyl halides is 3. The van der Waals surface area contributed by atoms with E-state index in [9.17, 15) is 13.2 Å². The lowest BCUT2D eigenvalue weighted by molar-refractivity contribution is -0.158. The Labute approximate surface area is 72.5 Å². The van der Waals surface area contributed by atoms with Crippen LogP contribution in [0, 0.1) is 0 Å². The molecule has 0 aliphatic carbocycles. The first-order valence-electron chi connectivity index (χ1n) is 3.47. The number of nitrogens with two attached hydrogens (primary N) is 1. The van der Waals surface area contributed by atoms with Crippen LogP contribution in [0.2, 0.25) is 0 Å². The predicted molar refractivity (Wildman–Crippen MR) is 39.3 cm³/mol. The molecule has 7 heteroatoms. The van der Waals surface area contributed by atoms with Crippen molar-refractivity contribution < 1.29 is 13.2 Å². The highest BCUT2D eigenvalue weighted by Gasteiger charge is 2.41. The summed E-state index contributed by atoms with van der Waals surface area (Å²) in [7, 11) is 1.54. The minimum atomic E-state index is -4.43. The van der Waals surface area contributed by atoms with Gasteiger partial charge in [0.1, 0.15) is 0 Å². The molecule has 0 amide bonds. The number of rotatable bonds is 2. The van der Waals surface area contributed by atoms with E-state index in [1.54, 1.807) is 5.43 Å². The van der Waals surface area contributed by atoms with E-state index in [1.807, 2.05) is 0 Å². The molecule has 0 saturated heterocycles. The van der Waals surface area contributed by atoms with Gasteiger partial charge in [-0.05, 0) is 6.07 Å². The number of nitrogens with one attached hydrogen (secondary N) is 1. The second-order valence-electron chi connectivity index (χ2n) is 2.56. The lowest BCUT2D eigenvalue weighted by Gasteiger charge is -2.16. The molecule has 4 nitrogen and oxygen atoms in total. The van der Waals surface area contributed by atoms with E-state index in [0.29, 0.717) is 0 Å². The van der Waals surface area contributed by atoms with Gasteiger partial charge in [0.05, 0.1) is 5.69 Å². The fourth-order valence-electron chi connectivity index (χ4n) is 0.935. The maximum absolute atomic E-state index is 12.2. The third kappa shape index (κ3) is 2.19. The highest BCUT2D eigenvalue weighted by Crippen LogP contribution is 2.30. The van der Waals surface area contributed by atoms with Crippen molar-refractivity contribution in [2.45, 2.75) is 12.2 Å². The van der Waals surface area contributed by atoms with Crippen LogP contribution in [0.1, 0.15) is 11.7 Å². The zero-order chi connectivity index (χ0) is 10.1. The molecular weight excluding hydrogens is 185 g/mol. The molecule has 3 N–H and O–H groups in total. The number of aryl methyl sites for hydroxylation is 1. The summed E-state index contributed by atoms with van der Waals surface area (Å²) in [5.41, 5.74) is 1.53. The number of hydrazine groups is 1. The van der Waals surface area contributed by atoms with Gasteiger partial charge in [0.25, 0.3) is 0 Å². The van der Waals surface area contributed by atoms with E-state index in [0.717, 1.165) is 0 Å². The Morgan fingerprint density at radius 3 is 2.54 bits per heavy atom. The van der Waals surface area contributed by atoms with Gasteiger partial charge < -0.3 is 0 Å². The molecule has 0 spiro atoms. The van der Waals surface area contributed by atoms with E-state index in [2.05, 4.69) is 5.10 Å². The minimum Gasteiger partial charge on any atom is -0.275 e. The minimum absolute atomic E-state index is 0.141. The van der Waals surface area contributed by atoms with E-state index in [4.69, 9.17) is 5.84 Å². The molecular formula is C6H9F3N4. The molecule has 13 heavy (non-hydrogen) atoms. The molecule has 1 aromatic heterocycles. The Morgan fingerprint density at radius 1 is 1.62 bits per heavy atom. The fourth-order valence-corrected chi connectivity index (χ4v) is 0.935. The molecule has 0 fully saturated rings. The maximum atomic E-state index is 12.2. The van der Waals surface area contributed by atoms with Crippen molar-refractivity contribution in [2.24, 2.45) is 12.9 Å². The fraction of sp³-hybridized carbons (Fsp3) is 0.500. The average Bonchev–Trinajstić information content (AvgIpc) is 2.34. The van der Waals surface area contributed by atoms with Gasteiger partial charge in [0.15, 0.2) is 6.04 Å². The SMILES string of the molecule is Cn1ccc(C(NN)C(F)(F)F)n1. The molecule has 1 heterocycles. The molecule has 1 rings (SSSR count). The van der Waals surface area contributed by atoms with Crippen molar-refractivity contribution in [1.82, 2.24) is 15.2 Å². The van der Waals surface area contributed by atoms with Crippen molar-refractivity contribution in [3.05, 3.63) is 18.0 Å². The van der Waals surface area contributed by atoms with Crippen molar-refractivity contribution in [2.75, 3.05) is 0 Å². The monoisotopic (exact) mass is 194 g/mol. The highest BCUT2D eigenvalue weighted by molar-refractivity contribution is 5.07. The Morgan fingerprint density at radius 2 is 2.23 bits per heavy atom. The Kier molecular flexibility index (Phi) is 2.58. The molecule has 0 bridgehead atoms. The summed E-state index contributed by atoms with van der Waals surface area (Å²) in [6, 6.07) is -0.647. The molecule has 0 aromatic carbocycles. The molecule has 0 aliphatic rings. The van der Waals surface area contributed by atoms with Crippen molar-refractivity contribution in [3.63, 3.8) is 0 Å². The highest BCUT2D eigenvalue weighted by atomic mass is 19.4. The van der Waals surface area contributed by atoms with Crippen LogP contribution in [-0.2, 0) is 7.05 Å². The quantitative estimate of drug-likeness (QED) is 0.532. The van der Waals surface area contributed by atoms with Gasteiger partial charge in [-0.2, -0.15) is 18.3 Å². The molecule has 1 unspecified atom stereocenters. The smallest absolute Gasteiger partial charge is 0.275 e. The third-order valence-corrected chi connectivity index (χ3v) is 1.52. The predicted octanol–water partition coefficient (Wildman–Crippen LogP) is 0.487. The van der Waals surface area contributed by atoms with Gasteiger partial charge in [-0.1, -0.05) is 0 Å². The largest absolute Gasteiger partial charge is 0.410 e. The Balaban J connectivity index is 2.91. The molecule has 74 valence electrons. The molecule has 1 atom stereocenters. The molecule has 0 radical (unpaired) electrons. The van der Waals surface area contributed by atoms with E-state index < -0.39 is 12.2 Å². The van der Waals surface area contributed by atoms with Crippen molar-refractivity contribution in [1.29, 1.82) is 0 Å². The van der Waals surface area contributed by atoms with E-state index >= 15 is 0 Å². The second-order valence-corrected chi connectivity index (χ2v) is 2.56. The average molecular weight is 194 g/mol. The maximum Gasteiger partial charge on any atom is 0.410 e. The van der Waals surface area contributed by atoms with Crippen LogP contribution in [0.3, 0.4) is 0 Å². The standard InChI is InChI=1S/C6H9F3N4/c1-13-3-2-4(12-13)5(11-10)6(7,8)9/h2-3,5,11H,10H2,1H3. The number of nitrogens with zero attached hydrogens (tertiary/aromatic N) is 2. The Hall–Kier alpha value is -1.08. The van der Waals surface area contributed by atoms with Gasteiger partial charge in [0.2, 0.25) is 0 Å². The summed E-state index contributed by atoms with van der Waals surface area (Å²) in [6.07, 6.45) is -3.01. The molecule has 0 aliphatic heterocycles. The first kappa shape index (κ1) is 10.0. The molecule has 1 aromatic rings. The van der Waals surface area contributed by atoms with Gasteiger partial charge in [-0.3, -0.25) is 10.5 Å². The lowest BCUT2D eigenvalue weighted by Crippen LogP contribution is -2.38. The topological polar surface area (TPSA) is 55.9 Å². The summed E-state index contributed by atoms with van der Waals surface area (Å²) in [5.74, 6) is 4.78. The van der Waals surface area contributed by atoms with Gasteiger partial charge in [0, 0.05) is 13.2 Å². The van der Waals surface area contributed by atoms with Gasteiger partial charge in [-0.15, -0.1) is 0 Å². The summed E-state index contributed by atoms with van der Waals surface area (Å²) in [5, 5.41) is 3.60. The van der Waals surface area contributed by atoms with Crippen LogP contribution in [0.5, 0.6) is 0 Å². The van der Waals surface area contributed by atoms with Crippen molar-refractivity contribution in [3.8, 4) is 0 Å². The van der Waals surface area contributed by atoms with E-state index in [-0.39, 0.29) is 5.69 Å². The normalized spacial score (nSPS) is 14.5. The van der Waals surface area contributed by atoms with Gasteiger partial charge >= 0.3 is 6.18 Å². The number of hydrogen-bond donors (Lipinski definition) is 2. The summed E-state index contributed by atoms with van der Waals surface area (Å²) < 4.78 is 38.0. The number of hydrogen-bond acceptors (Lipinski definition) is 3. The van der Waals surface area contributed by atoms with Crippen LogP contribution in [-0.4, -0.2) is 16.0 Å². The van der Waals surface area contributed by atoms with Crippen LogP contribution in [0.4, 0.5) is 13.2 Å². The van der Waals surface area contributed by atoms with Crippen LogP contribution in [0.25, 0.3) is 0 Å². The first-order chi connectivity index (χ1) is 5.95. The van der Waals surface area contributed by atoms with Crippen molar-refractivity contribution >= 4 is 0 Å². The zero-order valence-electron chi connectivity index (χ0n) is 6.84. The number of halogens is 3. The number of aromatic nitrogens is 2. The first-order valence-corrected chi connectivity index (χ1v) is 3.47. The Bertz CT molecular complexity index is 280. The molecule has 0 saturated carbocycles. The lowest BCUT2D eigenvalue weighted by atomic mass is 10.2.